The summed E-state index contributed by atoms with van der Waals surface area (Å²) in [4.78, 5) is -0.115. The molecule has 0 saturated heterocycles. The first-order valence-corrected chi connectivity index (χ1v) is 8.63. The average Bonchev–Trinajstić information content (AvgIpc) is 2.48. The van der Waals surface area contributed by atoms with E-state index in [0.717, 1.165) is 5.56 Å². The Kier molecular flexibility index (Phi) is 8.02. The van der Waals surface area contributed by atoms with Crippen molar-refractivity contribution in [3.05, 3.63) is 49.9 Å². The van der Waals surface area contributed by atoms with Crippen molar-refractivity contribution in [3.8, 4) is 11.5 Å². The van der Waals surface area contributed by atoms with Crippen LogP contribution in [0.15, 0.2) is 29.2 Å². The standard InChI is InChI=1S/C13H8Cl4O4S.K/c1-6-2-4-7(5-3-6)22(19,20)21-13-11(17)9(15)8(14)10(16)12(13)18;/h2-5,18H,1H3;/q;+1. The smallest absolute Gasteiger partial charge is 0.503 e. The molecule has 118 valence electrons. The third-order valence-corrected chi connectivity index (χ3v) is 5.71. The van der Waals surface area contributed by atoms with Crippen molar-refractivity contribution in [2.24, 2.45) is 0 Å². The van der Waals surface area contributed by atoms with Crippen LogP contribution in [0, 0.1) is 6.92 Å². The van der Waals surface area contributed by atoms with Gasteiger partial charge in [-0.3, -0.25) is 0 Å². The molecule has 0 spiro atoms. The van der Waals surface area contributed by atoms with Gasteiger partial charge in [0.15, 0.2) is 5.75 Å². The van der Waals surface area contributed by atoms with Gasteiger partial charge in [-0.1, -0.05) is 64.1 Å². The molecule has 0 amide bonds. The molecule has 1 N–H and O–H groups in total. The molecular weight excluding hydrogens is 433 g/mol. The van der Waals surface area contributed by atoms with Crippen LogP contribution in [0.2, 0.25) is 20.1 Å². The summed E-state index contributed by atoms with van der Waals surface area (Å²) in [6.07, 6.45) is 0. The van der Waals surface area contributed by atoms with Gasteiger partial charge >= 0.3 is 61.5 Å². The van der Waals surface area contributed by atoms with E-state index in [2.05, 4.69) is 0 Å². The van der Waals surface area contributed by atoms with E-state index in [9.17, 15) is 13.5 Å². The molecule has 0 radical (unpaired) electrons. The fourth-order valence-electron chi connectivity index (χ4n) is 1.54. The molecule has 2 rings (SSSR count). The summed E-state index contributed by atoms with van der Waals surface area (Å²) in [7, 11) is -4.23. The van der Waals surface area contributed by atoms with Crippen molar-refractivity contribution < 1.29 is 69.1 Å². The van der Waals surface area contributed by atoms with Gasteiger partial charge in [-0.15, -0.1) is 0 Å². The van der Waals surface area contributed by atoms with E-state index >= 15 is 0 Å². The van der Waals surface area contributed by atoms with E-state index in [1.54, 1.807) is 19.1 Å². The molecule has 0 unspecified atom stereocenters. The first kappa shape index (κ1) is 21.8. The summed E-state index contributed by atoms with van der Waals surface area (Å²) in [6, 6.07) is 5.91. The van der Waals surface area contributed by atoms with Gasteiger partial charge in [0.05, 0.1) is 10.0 Å². The van der Waals surface area contributed by atoms with Crippen LogP contribution in [-0.2, 0) is 10.1 Å². The van der Waals surface area contributed by atoms with Gasteiger partial charge in [-0.2, -0.15) is 8.42 Å². The van der Waals surface area contributed by atoms with Crippen molar-refractivity contribution in [2.75, 3.05) is 0 Å². The number of halogens is 4. The zero-order valence-electron chi connectivity index (χ0n) is 11.9. The average molecular weight is 441 g/mol. The van der Waals surface area contributed by atoms with Gasteiger partial charge in [-0.05, 0) is 19.1 Å². The molecule has 4 nitrogen and oxygen atoms in total. The van der Waals surface area contributed by atoms with Crippen LogP contribution in [0.3, 0.4) is 0 Å². The second-order valence-electron chi connectivity index (χ2n) is 4.28. The molecule has 0 heterocycles. The SMILES string of the molecule is Cc1ccc(S(=O)(=O)Oc2c(O)c(Cl)c(Cl)c(Cl)c2Cl)cc1.[K+]. The second-order valence-corrected chi connectivity index (χ2v) is 7.34. The van der Waals surface area contributed by atoms with Crippen molar-refractivity contribution in [1.29, 1.82) is 0 Å². The Morgan fingerprint density at radius 3 is 1.91 bits per heavy atom. The number of phenolic OH excluding ortho intramolecular Hbond substituents is 1. The number of aryl methyl sites for hydroxylation is 1. The summed E-state index contributed by atoms with van der Waals surface area (Å²) >= 11 is 23.2. The number of rotatable bonds is 3. The Hall–Kier alpha value is 0.786. The molecule has 2 aromatic rings. The Bertz CT molecular complexity index is 809. The minimum Gasteiger partial charge on any atom is -0.503 e. The van der Waals surface area contributed by atoms with Crippen molar-refractivity contribution in [3.63, 3.8) is 0 Å². The molecule has 0 aromatic heterocycles. The van der Waals surface area contributed by atoms with E-state index in [-0.39, 0.29) is 76.4 Å². The molecular formula is C13H8Cl4KO4S+. The van der Waals surface area contributed by atoms with Crippen LogP contribution in [0.5, 0.6) is 11.5 Å². The van der Waals surface area contributed by atoms with Crippen LogP contribution in [0.25, 0.3) is 0 Å². The summed E-state index contributed by atoms with van der Waals surface area (Å²) in [6.45, 7) is 1.80. The quantitative estimate of drug-likeness (QED) is 0.343. The molecule has 0 bridgehead atoms. The van der Waals surface area contributed by atoms with Crippen LogP contribution < -0.4 is 55.6 Å². The van der Waals surface area contributed by atoms with E-state index in [1.807, 2.05) is 0 Å². The third kappa shape index (κ3) is 4.70. The Morgan fingerprint density at radius 2 is 1.39 bits per heavy atom. The third-order valence-electron chi connectivity index (χ3n) is 2.70. The molecule has 10 heteroatoms. The van der Waals surface area contributed by atoms with Gasteiger partial charge in [0.25, 0.3) is 0 Å². The number of aromatic hydroxyl groups is 1. The fourth-order valence-corrected chi connectivity index (χ4v) is 3.40. The van der Waals surface area contributed by atoms with Gasteiger partial charge in [0.1, 0.15) is 14.9 Å². The topological polar surface area (TPSA) is 63.6 Å². The Balaban J connectivity index is 0.00000264. The molecule has 2 aromatic carbocycles. The predicted octanol–water partition coefficient (Wildman–Crippen LogP) is 2.09. The van der Waals surface area contributed by atoms with Crippen molar-refractivity contribution in [2.45, 2.75) is 11.8 Å². The maximum absolute atomic E-state index is 12.2. The first-order chi connectivity index (χ1) is 10.1. The molecule has 0 aliphatic heterocycles. The second kappa shape index (κ2) is 8.45. The van der Waals surface area contributed by atoms with Gasteiger partial charge in [0, 0.05) is 0 Å². The van der Waals surface area contributed by atoms with E-state index < -0.39 is 21.6 Å². The van der Waals surface area contributed by atoms with Gasteiger partial charge < -0.3 is 9.29 Å². The zero-order chi connectivity index (χ0) is 16.7. The van der Waals surface area contributed by atoms with Crippen LogP contribution in [0.4, 0.5) is 0 Å². The number of benzene rings is 2. The Morgan fingerprint density at radius 1 is 0.913 bits per heavy atom. The Labute approximate surface area is 196 Å². The minimum atomic E-state index is -4.23. The number of hydrogen-bond donors (Lipinski definition) is 1. The van der Waals surface area contributed by atoms with E-state index in [1.165, 1.54) is 12.1 Å². The van der Waals surface area contributed by atoms with Crippen LogP contribution in [-0.4, -0.2) is 13.5 Å². The maximum atomic E-state index is 12.2. The monoisotopic (exact) mass is 439 g/mol. The summed E-state index contributed by atoms with van der Waals surface area (Å²) < 4.78 is 29.3. The van der Waals surface area contributed by atoms with E-state index in [0.29, 0.717) is 0 Å². The predicted molar refractivity (Wildman–Crippen MR) is 87.1 cm³/mol. The van der Waals surface area contributed by atoms with Gasteiger partial charge in [0.2, 0.25) is 5.75 Å². The largest absolute Gasteiger partial charge is 1.00 e. The molecule has 0 aliphatic carbocycles. The van der Waals surface area contributed by atoms with Crippen molar-refractivity contribution in [1.82, 2.24) is 0 Å². The molecule has 0 fully saturated rings. The normalized spacial score (nSPS) is 11.0. The molecule has 0 aliphatic rings. The van der Waals surface area contributed by atoms with Crippen LogP contribution >= 0.6 is 46.4 Å². The summed E-state index contributed by atoms with van der Waals surface area (Å²) in [5.74, 6) is -1.29. The van der Waals surface area contributed by atoms with Gasteiger partial charge in [-0.25, -0.2) is 0 Å². The van der Waals surface area contributed by atoms with Crippen molar-refractivity contribution >= 4 is 56.5 Å². The maximum Gasteiger partial charge on any atom is 1.00 e. The summed E-state index contributed by atoms with van der Waals surface area (Å²) in [5.41, 5.74) is 0.873. The summed E-state index contributed by atoms with van der Waals surface area (Å²) in [5, 5.41) is 8.75. The number of hydrogen-bond acceptors (Lipinski definition) is 4. The zero-order valence-corrected chi connectivity index (χ0v) is 18.9. The molecule has 23 heavy (non-hydrogen) atoms. The first-order valence-electron chi connectivity index (χ1n) is 5.71. The fraction of sp³-hybridized carbons (Fsp3) is 0.0769. The van der Waals surface area contributed by atoms with Crippen LogP contribution in [0.1, 0.15) is 5.56 Å². The minimum absolute atomic E-state index is 0. The van der Waals surface area contributed by atoms with E-state index in [4.69, 9.17) is 50.6 Å². The number of phenols is 1. The molecule has 0 atom stereocenters. The molecule has 0 saturated carbocycles.